The molecule has 2 rings (SSSR count). The molecular formula is C11H16BrN3. The molecule has 0 bridgehead atoms. The lowest BCUT2D eigenvalue weighted by molar-refractivity contribution is 0.251. The molecule has 4 heteroatoms. The van der Waals surface area contributed by atoms with E-state index < -0.39 is 0 Å². The van der Waals surface area contributed by atoms with Crippen molar-refractivity contribution >= 4 is 15.9 Å². The second-order valence-corrected chi connectivity index (χ2v) is 4.85. The Morgan fingerprint density at radius 2 is 2.13 bits per heavy atom. The third kappa shape index (κ3) is 2.56. The van der Waals surface area contributed by atoms with Gasteiger partial charge in [0.05, 0.1) is 0 Å². The van der Waals surface area contributed by atoms with E-state index in [4.69, 9.17) is 5.73 Å². The van der Waals surface area contributed by atoms with E-state index in [-0.39, 0.29) is 0 Å². The Balaban J connectivity index is 2.18. The van der Waals surface area contributed by atoms with Crippen molar-refractivity contribution in [2.75, 3.05) is 19.6 Å². The molecule has 0 saturated carbocycles. The van der Waals surface area contributed by atoms with E-state index in [9.17, 15) is 0 Å². The molecule has 15 heavy (non-hydrogen) atoms. The van der Waals surface area contributed by atoms with Crippen LogP contribution in [0.25, 0.3) is 0 Å². The van der Waals surface area contributed by atoms with Gasteiger partial charge in [-0.05, 0) is 53.5 Å². The van der Waals surface area contributed by atoms with Crippen molar-refractivity contribution in [3.8, 4) is 0 Å². The van der Waals surface area contributed by atoms with Gasteiger partial charge in [-0.3, -0.25) is 9.88 Å². The fourth-order valence-corrected chi connectivity index (χ4v) is 2.54. The SMILES string of the molecule is NC[C@H](c1cncc(Br)c1)N1CCCC1. The number of pyridine rings is 1. The van der Waals surface area contributed by atoms with Crippen LogP contribution in [0.5, 0.6) is 0 Å². The Labute approximate surface area is 98.8 Å². The number of rotatable bonds is 3. The lowest BCUT2D eigenvalue weighted by atomic mass is 10.1. The van der Waals surface area contributed by atoms with Crippen LogP contribution in [-0.2, 0) is 0 Å². The highest BCUT2D eigenvalue weighted by Crippen LogP contribution is 2.25. The molecule has 1 atom stereocenters. The molecule has 2 N–H and O–H groups in total. The molecule has 3 nitrogen and oxygen atoms in total. The summed E-state index contributed by atoms with van der Waals surface area (Å²) in [4.78, 5) is 6.64. The lowest BCUT2D eigenvalue weighted by Crippen LogP contribution is -2.31. The third-order valence-corrected chi connectivity index (χ3v) is 3.35. The Morgan fingerprint density at radius 1 is 1.40 bits per heavy atom. The van der Waals surface area contributed by atoms with Gasteiger partial charge in [0.1, 0.15) is 0 Å². The molecule has 2 heterocycles. The first-order valence-corrected chi connectivity index (χ1v) is 6.15. The number of nitrogens with two attached hydrogens (primary N) is 1. The summed E-state index contributed by atoms with van der Waals surface area (Å²) in [5.41, 5.74) is 7.07. The summed E-state index contributed by atoms with van der Waals surface area (Å²) in [6.07, 6.45) is 6.30. The van der Waals surface area contributed by atoms with Gasteiger partial charge in [-0.25, -0.2) is 0 Å². The van der Waals surface area contributed by atoms with Crippen LogP contribution in [-0.4, -0.2) is 29.5 Å². The molecule has 0 aliphatic carbocycles. The number of aromatic nitrogens is 1. The maximum Gasteiger partial charge on any atom is 0.0486 e. The zero-order valence-corrected chi connectivity index (χ0v) is 10.3. The molecule has 0 amide bonds. The average molecular weight is 270 g/mol. The molecule has 1 aromatic heterocycles. The summed E-state index contributed by atoms with van der Waals surface area (Å²) < 4.78 is 1.03. The smallest absolute Gasteiger partial charge is 0.0486 e. The Morgan fingerprint density at radius 3 is 2.73 bits per heavy atom. The summed E-state index contributed by atoms with van der Waals surface area (Å²) in [5, 5.41) is 0. The number of nitrogens with zero attached hydrogens (tertiary/aromatic N) is 2. The van der Waals surface area contributed by atoms with E-state index in [1.54, 1.807) is 6.20 Å². The highest BCUT2D eigenvalue weighted by atomic mass is 79.9. The standard InChI is InChI=1S/C11H16BrN3/c12-10-5-9(7-14-8-10)11(6-13)15-3-1-2-4-15/h5,7-8,11H,1-4,6,13H2/t11-/m1/s1. The van der Waals surface area contributed by atoms with Crippen molar-refractivity contribution in [2.24, 2.45) is 5.73 Å². The second kappa shape index (κ2) is 5.05. The van der Waals surface area contributed by atoms with Gasteiger partial charge in [0, 0.05) is 29.5 Å². The van der Waals surface area contributed by atoms with Gasteiger partial charge < -0.3 is 5.73 Å². The number of hydrogen-bond acceptors (Lipinski definition) is 3. The maximum atomic E-state index is 5.85. The fraction of sp³-hybridized carbons (Fsp3) is 0.545. The zero-order valence-electron chi connectivity index (χ0n) is 8.69. The molecule has 0 unspecified atom stereocenters. The third-order valence-electron chi connectivity index (χ3n) is 2.92. The predicted molar refractivity (Wildman–Crippen MR) is 64.5 cm³/mol. The molecule has 0 radical (unpaired) electrons. The quantitative estimate of drug-likeness (QED) is 0.912. The van der Waals surface area contributed by atoms with Crippen molar-refractivity contribution in [2.45, 2.75) is 18.9 Å². The maximum absolute atomic E-state index is 5.85. The topological polar surface area (TPSA) is 42.1 Å². The molecular weight excluding hydrogens is 254 g/mol. The second-order valence-electron chi connectivity index (χ2n) is 3.93. The van der Waals surface area contributed by atoms with E-state index in [0.717, 1.165) is 17.6 Å². The molecule has 0 aromatic carbocycles. The molecule has 1 aliphatic heterocycles. The Hall–Kier alpha value is -0.450. The minimum atomic E-state index is 0.331. The Bertz CT molecular complexity index is 323. The minimum absolute atomic E-state index is 0.331. The van der Waals surface area contributed by atoms with Crippen LogP contribution in [0.3, 0.4) is 0 Å². The van der Waals surface area contributed by atoms with Crippen LogP contribution in [0.4, 0.5) is 0 Å². The van der Waals surface area contributed by atoms with Crippen LogP contribution < -0.4 is 5.73 Å². The van der Waals surface area contributed by atoms with Crippen molar-refractivity contribution in [1.29, 1.82) is 0 Å². The first-order chi connectivity index (χ1) is 7.31. The monoisotopic (exact) mass is 269 g/mol. The van der Waals surface area contributed by atoms with Crippen LogP contribution in [0.1, 0.15) is 24.4 Å². The summed E-state index contributed by atoms with van der Waals surface area (Å²) >= 11 is 3.45. The number of likely N-dealkylation sites (tertiary alicyclic amines) is 1. The van der Waals surface area contributed by atoms with Gasteiger partial charge in [0.25, 0.3) is 0 Å². The van der Waals surface area contributed by atoms with Crippen LogP contribution in [0, 0.1) is 0 Å². The van der Waals surface area contributed by atoms with Crippen LogP contribution in [0.15, 0.2) is 22.9 Å². The molecule has 1 aromatic rings. The first-order valence-electron chi connectivity index (χ1n) is 5.36. The summed E-state index contributed by atoms with van der Waals surface area (Å²) in [7, 11) is 0. The minimum Gasteiger partial charge on any atom is -0.329 e. The first kappa shape index (κ1) is 11.0. The van der Waals surface area contributed by atoms with E-state index in [1.807, 2.05) is 6.20 Å². The lowest BCUT2D eigenvalue weighted by Gasteiger charge is -2.26. The van der Waals surface area contributed by atoms with Crippen molar-refractivity contribution in [1.82, 2.24) is 9.88 Å². The number of halogens is 1. The van der Waals surface area contributed by atoms with Gasteiger partial charge in [0.2, 0.25) is 0 Å². The highest BCUT2D eigenvalue weighted by Gasteiger charge is 2.22. The average Bonchev–Trinajstić information content (AvgIpc) is 2.72. The van der Waals surface area contributed by atoms with Gasteiger partial charge in [-0.1, -0.05) is 0 Å². The van der Waals surface area contributed by atoms with E-state index in [2.05, 4.69) is 31.9 Å². The normalized spacial score (nSPS) is 19.3. The van der Waals surface area contributed by atoms with Gasteiger partial charge >= 0.3 is 0 Å². The molecule has 0 spiro atoms. The van der Waals surface area contributed by atoms with Crippen molar-refractivity contribution in [3.63, 3.8) is 0 Å². The summed E-state index contributed by atoms with van der Waals surface area (Å²) in [6, 6.07) is 2.44. The Kier molecular flexibility index (Phi) is 3.72. The van der Waals surface area contributed by atoms with Crippen LogP contribution >= 0.6 is 15.9 Å². The van der Waals surface area contributed by atoms with E-state index in [0.29, 0.717) is 12.6 Å². The summed E-state index contributed by atoms with van der Waals surface area (Å²) in [6.45, 7) is 2.99. The van der Waals surface area contributed by atoms with E-state index in [1.165, 1.54) is 18.4 Å². The largest absolute Gasteiger partial charge is 0.329 e. The van der Waals surface area contributed by atoms with Gasteiger partial charge in [-0.15, -0.1) is 0 Å². The van der Waals surface area contributed by atoms with Crippen molar-refractivity contribution < 1.29 is 0 Å². The molecule has 1 saturated heterocycles. The van der Waals surface area contributed by atoms with E-state index >= 15 is 0 Å². The highest BCUT2D eigenvalue weighted by molar-refractivity contribution is 9.10. The molecule has 82 valence electrons. The van der Waals surface area contributed by atoms with Gasteiger partial charge in [-0.2, -0.15) is 0 Å². The summed E-state index contributed by atoms with van der Waals surface area (Å²) in [5.74, 6) is 0. The zero-order chi connectivity index (χ0) is 10.7. The van der Waals surface area contributed by atoms with Crippen molar-refractivity contribution in [3.05, 3.63) is 28.5 Å². The van der Waals surface area contributed by atoms with Crippen LogP contribution in [0.2, 0.25) is 0 Å². The fourth-order valence-electron chi connectivity index (χ4n) is 2.16. The molecule has 1 fully saturated rings. The molecule has 1 aliphatic rings. The number of hydrogen-bond donors (Lipinski definition) is 1. The van der Waals surface area contributed by atoms with Gasteiger partial charge in [0.15, 0.2) is 0 Å². The predicted octanol–water partition coefficient (Wildman–Crippen LogP) is 1.94.